The molecule has 1 aromatic rings. The van der Waals surface area contributed by atoms with Crippen LogP contribution in [0, 0.1) is 16.0 Å². The highest BCUT2D eigenvalue weighted by Crippen LogP contribution is 2.33. The molecule has 2 heterocycles. The first-order valence-corrected chi connectivity index (χ1v) is 7.47. The molecule has 0 spiro atoms. The van der Waals surface area contributed by atoms with Crippen LogP contribution in [0.1, 0.15) is 25.7 Å². The quantitative estimate of drug-likeness (QED) is 0.680. The van der Waals surface area contributed by atoms with Crippen LogP contribution in [0.2, 0.25) is 0 Å². The van der Waals surface area contributed by atoms with Crippen LogP contribution in [0.25, 0.3) is 0 Å². The van der Waals surface area contributed by atoms with Crippen LogP contribution in [-0.2, 0) is 0 Å². The Labute approximate surface area is 119 Å². The van der Waals surface area contributed by atoms with Gasteiger partial charge in [0, 0.05) is 25.2 Å². The van der Waals surface area contributed by atoms with Crippen LogP contribution >= 0.6 is 0 Å². The molecule has 2 aliphatic rings. The minimum atomic E-state index is -0.278. The SMILES string of the molecule is O=[N+]([O-])c1ccccc1N1CCC(C2CCCN2)CC1. The molecule has 2 aliphatic heterocycles. The molecule has 1 atom stereocenters. The molecule has 0 saturated carbocycles. The Morgan fingerprint density at radius 2 is 1.95 bits per heavy atom. The van der Waals surface area contributed by atoms with Crippen molar-refractivity contribution in [1.29, 1.82) is 0 Å². The van der Waals surface area contributed by atoms with Gasteiger partial charge in [-0.3, -0.25) is 10.1 Å². The zero-order chi connectivity index (χ0) is 13.9. The lowest BCUT2D eigenvalue weighted by Crippen LogP contribution is -2.41. The van der Waals surface area contributed by atoms with Gasteiger partial charge in [0.05, 0.1) is 4.92 Å². The van der Waals surface area contributed by atoms with Gasteiger partial charge in [0.25, 0.3) is 5.69 Å². The lowest BCUT2D eigenvalue weighted by Gasteiger charge is -2.35. The van der Waals surface area contributed by atoms with Crippen LogP contribution in [0.3, 0.4) is 0 Å². The van der Waals surface area contributed by atoms with Crippen LogP contribution in [0.15, 0.2) is 24.3 Å². The molecule has 0 amide bonds. The van der Waals surface area contributed by atoms with E-state index in [1.807, 2.05) is 12.1 Å². The fraction of sp³-hybridized carbons (Fsp3) is 0.600. The average molecular weight is 275 g/mol. The average Bonchev–Trinajstić information content (AvgIpc) is 3.02. The number of nitrogens with one attached hydrogen (secondary N) is 1. The number of piperidine rings is 1. The molecule has 0 aliphatic carbocycles. The lowest BCUT2D eigenvalue weighted by atomic mass is 9.88. The summed E-state index contributed by atoms with van der Waals surface area (Å²) >= 11 is 0. The summed E-state index contributed by atoms with van der Waals surface area (Å²) in [4.78, 5) is 13.0. The number of nitro benzene ring substituents is 1. The first kappa shape index (κ1) is 13.4. The summed E-state index contributed by atoms with van der Waals surface area (Å²) < 4.78 is 0. The topological polar surface area (TPSA) is 58.4 Å². The summed E-state index contributed by atoms with van der Waals surface area (Å²) in [6.07, 6.45) is 4.83. The molecule has 1 unspecified atom stereocenters. The molecule has 20 heavy (non-hydrogen) atoms. The Kier molecular flexibility index (Phi) is 3.87. The van der Waals surface area contributed by atoms with Gasteiger partial charge in [-0.2, -0.15) is 0 Å². The van der Waals surface area contributed by atoms with Crippen molar-refractivity contribution in [2.45, 2.75) is 31.7 Å². The smallest absolute Gasteiger partial charge is 0.292 e. The fourth-order valence-electron chi connectivity index (χ4n) is 3.54. The number of anilines is 1. The third-order valence-electron chi connectivity index (χ3n) is 4.63. The molecule has 0 bridgehead atoms. The van der Waals surface area contributed by atoms with Crippen molar-refractivity contribution in [2.24, 2.45) is 5.92 Å². The second-order valence-electron chi connectivity index (χ2n) is 5.77. The van der Waals surface area contributed by atoms with Crippen molar-refractivity contribution in [1.82, 2.24) is 5.32 Å². The van der Waals surface area contributed by atoms with Crippen LogP contribution < -0.4 is 10.2 Å². The van der Waals surface area contributed by atoms with Gasteiger partial charge in [0.15, 0.2) is 0 Å². The first-order chi connectivity index (χ1) is 9.75. The van der Waals surface area contributed by atoms with Gasteiger partial charge in [-0.25, -0.2) is 0 Å². The van der Waals surface area contributed by atoms with E-state index in [0.29, 0.717) is 6.04 Å². The van der Waals surface area contributed by atoms with Gasteiger partial charge in [0.2, 0.25) is 0 Å². The molecular formula is C15H21N3O2. The van der Waals surface area contributed by atoms with Crippen LogP contribution in [-0.4, -0.2) is 30.6 Å². The second kappa shape index (κ2) is 5.79. The van der Waals surface area contributed by atoms with Crippen molar-refractivity contribution in [3.8, 4) is 0 Å². The molecule has 108 valence electrons. The van der Waals surface area contributed by atoms with Gasteiger partial charge in [-0.15, -0.1) is 0 Å². The van der Waals surface area contributed by atoms with Gasteiger partial charge >= 0.3 is 0 Å². The Hall–Kier alpha value is -1.62. The summed E-state index contributed by atoms with van der Waals surface area (Å²) in [7, 11) is 0. The Bertz CT molecular complexity index is 478. The maximum atomic E-state index is 11.1. The van der Waals surface area contributed by atoms with E-state index in [1.165, 1.54) is 12.8 Å². The maximum Gasteiger partial charge on any atom is 0.292 e. The Morgan fingerprint density at radius 1 is 1.20 bits per heavy atom. The highest BCUT2D eigenvalue weighted by molar-refractivity contribution is 5.63. The van der Waals surface area contributed by atoms with Gasteiger partial charge in [0.1, 0.15) is 5.69 Å². The van der Waals surface area contributed by atoms with Gasteiger partial charge < -0.3 is 10.2 Å². The third kappa shape index (κ3) is 2.63. The monoisotopic (exact) mass is 275 g/mol. The Morgan fingerprint density at radius 3 is 2.60 bits per heavy atom. The number of benzene rings is 1. The minimum absolute atomic E-state index is 0.227. The summed E-state index contributed by atoms with van der Waals surface area (Å²) in [6, 6.07) is 7.75. The van der Waals surface area contributed by atoms with Crippen molar-refractivity contribution in [2.75, 3.05) is 24.5 Å². The number of hydrogen-bond donors (Lipinski definition) is 1. The molecule has 2 fully saturated rings. The van der Waals surface area contributed by atoms with E-state index in [4.69, 9.17) is 0 Å². The summed E-state index contributed by atoms with van der Waals surface area (Å²) in [5.41, 5.74) is 1.00. The fourth-order valence-corrected chi connectivity index (χ4v) is 3.54. The standard InChI is InChI=1S/C15H21N3O2/c19-18(20)15-6-2-1-5-14(15)17-10-7-12(8-11-17)13-4-3-9-16-13/h1-2,5-6,12-13,16H,3-4,7-11H2. The van der Waals surface area contributed by atoms with Crippen LogP contribution in [0.4, 0.5) is 11.4 Å². The zero-order valence-corrected chi connectivity index (χ0v) is 11.6. The molecule has 5 nitrogen and oxygen atoms in total. The molecule has 3 rings (SSSR count). The van der Waals surface area contributed by atoms with E-state index < -0.39 is 0 Å². The number of rotatable bonds is 3. The van der Waals surface area contributed by atoms with E-state index in [0.717, 1.165) is 44.1 Å². The molecular weight excluding hydrogens is 254 g/mol. The van der Waals surface area contributed by atoms with Crippen molar-refractivity contribution >= 4 is 11.4 Å². The predicted molar refractivity (Wildman–Crippen MR) is 79.1 cm³/mol. The first-order valence-electron chi connectivity index (χ1n) is 7.47. The molecule has 0 radical (unpaired) electrons. The highest BCUT2D eigenvalue weighted by Gasteiger charge is 2.30. The van der Waals surface area contributed by atoms with Gasteiger partial charge in [-0.05, 0) is 44.2 Å². The largest absolute Gasteiger partial charge is 0.366 e. The van der Waals surface area contributed by atoms with Gasteiger partial charge in [-0.1, -0.05) is 12.1 Å². The summed E-state index contributed by atoms with van der Waals surface area (Å²) in [5.74, 6) is 0.733. The third-order valence-corrected chi connectivity index (χ3v) is 4.63. The van der Waals surface area contributed by atoms with E-state index in [2.05, 4.69) is 10.2 Å². The molecule has 1 aromatic carbocycles. The highest BCUT2D eigenvalue weighted by atomic mass is 16.6. The number of hydrogen-bond acceptors (Lipinski definition) is 4. The summed E-state index contributed by atoms with van der Waals surface area (Å²) in [6.45, 7) is 3.00. The van der Waals surface area contributed by atoms with Crippen molar-refractivity contribution in [3.63, 3.8) is 0 Å². The summed E-state index contributed by atoms with van der Waals surface area (Å²) in [5, 5.41) is 14.7. The number of para-hydroxylation sites is 2. The van der Waals surface area contributed by atoms with Crippen LogP contribution in [0.5, 0.6) is 0 Å². The predicted octanol–water partition coefficient (Wildman–Crippen LogP) is 2.56. The normalized spacial score (nSPS) is 24.0. The van der Waals surface area contributed by atoms with E-state index >= 15 is 0 Å². The number of nitrogens with zero attached hydrogens (tertiary/aromatic N) is 2. The van der Waals surface area contributed by atoms with Crippen molar-refractivity contribution in [3.05, 3.63) is 34.4 Å². The van der Waals surface area contributed by atoms with Crippen molar-refractivity contribution < 1.29 is 4.92 Å². The molecule has 1 N–H and O–H groups in total. The molecule has 2 saturated heterocycles. The van der Waals surface area contributed by atoms with E-state index in [1.54, 1.807) is 12.1 Å². The van der Waals surface area contributed by atoms with E-state index in [9.17, 15) is 10.1 Å². The molecule has 0 aromatic heterocycles. The Balaban J connectivity index is 1.67. The lowest BCUT2D eigenvalue weighted by molar-refractivity contribution is -0.384. The minimum Gasteiger partial charge on any atom is -0.366 e. The molecule has 5 heteroatoms. The number of nitro groups is 1. The zero-order valence-electron chi connectivity index (χ0n) is 11.6. The van der Waals surface area contributed by atoms with E-state index in [-0.39, 0.29) is 10.6 Å². The second-order valence-corrected chi connectivity index (χ2v) is 5.77. The maximum absolute atomic E-state index is 11.1.